The average molecular weight is 389 g/mol. The van der Waals surface area contributed by atoms with E-state index in [1.165, 1.54) is 26.2 Å². The van der Waals surface area contributed by atoms with Crippen LogP contribution in [0, 0.1) is 0 Å². The Morgan fingerprint density at radius 2 is 1.34 bits per heavy atom. The van der Waals surface area contributed by atoms with Gasteiger partial charge in [0.15, 0.2) is 5.78 Å². The van der Waals surface area contributed by atoms with E-state index < -0.39 is 5.91 Å². The van der Waals surface area contributed by atoms with Crippen LogP contribution in [0.3, 0.4) is 0 Å². The fourth-order valence-electron chi connectivity index (χ4n) is 2.52. The first-order chi connectivity index (χ1) is 13.9. The Kier molecular flexibility index (Phi) is 5.94. The lowest BCUT2D eigenvalue weighted by molar-refractivity contribution is -0.114. The molecule has 0 fully saturated rings. The summed E-state index contributed by atoms with van der Waals surface area (Å²) in [5.41, 5.74) is 2.74. The molecule has 29 heavy (non-hydrogen) atoms. The molecule has 8 heteroatoms. The first-order valence-electron chi connectivity index (χ1n) is 8.80. The predicted molar refractivity (Wildman–Crippen MR) is 110 cm³/mol. The zero-order valence-corrected chi connectivity index (χ0v) is 15.9. The third kappa shape index (κ3) is 5.46. The van der Waals surface area contributed by atoms with Crippen LogP contribution in [0.5, 0.6) is 0 Å². The van der Waals surface area contributed by atoms with Crippen molar-refractivity contribution in [3.63, 3.8) is 0 Å². The van der Waals surface area contributed by atoms with Crippen LogP contribution in [0.4, 0.5) is 22.9 Å². The van der Waals surface area contributed by atoms with Crippen molar-refractivity contribution in [2.24, 2.45) is 0 Å². The van der Waals surface area contributed by atoms with E-state index in [0.29, 0.717) is 22.8 Å². The molecule has 0 aliphatic rings. The second-order valence-corrected chi connectivity index (χ2v) is 6.26. The number of amides is 2. The average Bonchev–Trinajstić information content (AvgIpc) is 2.70. The lowest BCUT2D eigenvalue weighted by Gasteiger charge is -2.09. The Labute approximate surface area is 167 Å². The smallest absolute Gasteiger partial charge is 0.274 e. The second kappa shape index (κ2) is 8.75. The van der Waals surface area contributed by atoms with E-state index in [1.54, 1.807) is 48.5 Å². The van der Waals surface area contributed by atoms with Gasteiger partial charge in [0.25, 0.3) is 5.91 Å². The molecule has 0 aliphatic carbocycles. The summed E-state index contributed by atoms with van der Waals surface area (Å²) in [5, 5.41) is 8.50. The van der Waals surface area contributed by atoms with Gasteiger partial charge < -0.3 is 16.0 Å². The molecule has 3 rings (SSSR count). The highest BCUT2D eigenvalue weighted by atomic mass is 16.2. The number of aromatic nitrogens is 2. The molecule has 0 aliphatic heterocycles. The normalized spacial score (nSPS) is 10.1. The molecule has 0 spiro atoms. The minimum absolute atomic E-state index is 0.0421. The lowest BCUT2D eigenvalue weighted by Crippen LogP contribution is -2.14. The van der Waals surface area contributed by atoms with Gasteiger partial charge >= 0.3 is 0 Å². The maximum atomic E-state index is 12.4. The fourth-order valence-corrected chi connectivity index (χ4v) is 2.52. The van der Waals surface area contributed by atoms with Gasteiger partial charge in [-0.25, -0.2) is 9.97 Å². The summed E-state index contributed by atoms with van der Waals surface area (Å²) >= 11 is 0. The van der Waals surface area contributed by atoms with Crippen molar-refractivity contribution < 1.29 is 14.4 Å². The Bertz CT molecular complexity index is 1050. The molecule has 3 N–H and O–H groups in total. The minimum Gasteiger partial charge on any atom is -0.340 e. The van der Waals surface area contributed by atoms with E-state index in [2.05, 4.69) is 25.9 Å². The number of carbonyl (C=O) groups excluding carboxylic acids is 3. The lowest BCUT2D eigenvalue weighted by atomic mass is 10.1. The molecule has 8 nitrogen and oxygen atoms in total. The largest absolute Gasteiger partial charge is 0.340 e. The van der Waals surface area contributed by atoms with E-state index in [9.17, 15) is 14.4 Å². The number of benzene rings is 2. The number of ketones is 1. The number of Topliss-reactive ketones (excluding diaryl/α,β-unsaturated/α-hetero) is 1. The van der Waals surface area contributed by atoms with Crippen molar-refractivity contribution in [3.05, 3.63) is 72.2 Å². The maximum absolute atomic E-state index is 12.4. The van der Waals surface area contributed by atoms with Gasteiger partial charge in [-0.05, 0) is 55.5 Å². The van der Waals surface area contributed by atoms with Gasteiger partial charge in [-0.15, -0.1) is 0 Å². The molecule has 1 heterocycles. The second-order valence-electron chi connectivity index (χ2n) is 6.26. The van der Waals surface area contributed by atoms with Gasteiger partial charge in [0.1, 0.15) is 17.8 Å². The highest BCUT2D eigenvalue weighted by Gasteiger charge is 2.10. The maximum Gasteiger partial charge on any atom is 0.274 e. The number of rotatable bonds is 6. The molecule has 0 bridgehead atoms. The fraction of sp³-hybridized carbons (Fsp3) is 0.0952. The number of hydrogen-bond donors (Lipinski definition) is 3. The van der Waals surface area contributed by atoms with Crippen LogP contribution in [0.25, 0.3) is 0 Å². The summed E-state index contributed by atoms with van der Waals surface area (Å²) in [5.74, 6) is -0.135. The number of nitrogens with zero attached hydrogens (tertiary/aromatic N) is 2. The molecule has 0 unspecified atom stereocenters. The van der Waals surface area contributed by atoms with Crippen molar-refractivity contribution >= 4 is 40.5 Å². The summed E-state index contributed by atoms with van der Waals surface area (Å²) in [6, 6.07) is 15.2. The van der Waals surface area contributed by atoms with Gasteiger partial charge in [-0.2, -0.15) is 0 Å². The Hall–Kier alpha value is -4.07. The third-order valence-corrected chi connectivity index (χ3v) is 3.93. The molecule has 1 aromatic heterocycles. The molecule has 0 radical (unpaired) electrons. The molecule has 146 valence electrons. The predicted octanol–water partition coefficient (Wildman–Crippen LogP) is 3.63. The van der Waals surface area contributed by atoms with Crippen molar-refractivity contribution in [2.45, 2.75) is 13.8 Å². The molecular weight excluding hydrogens is 370 g/mol. The molecule has 0 atom stereocenters. The van der Waals surface area contributed by atoms with Crippen molar-refractivity contribution in [1.29, 1.82) is 0 Å². The number of anilines is 4. The monoisotopic (exact) mass is 389 g/mol. The first-order valence-corrected chi connectivity index (χ1v) is 8.80. The Morgan fingerprint density at radius 3 is 1.97 bits per heavy atom. The van der Waals surface area contributed by atoms with E-state index in [-0.39, 0.29) is 17.4 Å². The van der Waals surface area contributed by atoms with Crippen molar-refractivity contribution in [1.82, 2.24) is 9.97 Å². The summed E-state index contributed by atoms with van der Waals surface area (Å²) < 4.78 is 0. The number of hydrogen-bond acceptors (Lipinski definition) is 6. The zero-order valence-electron chi connectivity index (χ0n) is 15.9. The minimum atomic E-state index is -0.396. The summed E-state index contributed by atoms with van der Waals surface area (Å²) in [6.07, 6.45) is 1.29. The van der Waals surface area contributed by atoms with Crippen LogP contribution in [-0.2, 0) is 4.79 Å². The highest BCUT2D eigenvalue weighted by Crippen LogP contribution is 2.18. The highest BCUT2D eigenvalue weighted by molar-refractivity contribution is 6.03. The zero-order chi connectivity index (χ0) is 20.8. The van der Waals surface area contributed by atoms with E-state index in [4.69, 9.17) is 0 Å². The van der Waals surface area contributed by atoms with Crippen LogP contribution < -0.4 is 16.0 Å². The van der Waals surface area contributed by atoms with Crippen molar-refractivity contribution in [3.8, 4) is 0 Å². The van der Waals surface area contributed by atoms with Crippen LogP contribution in [0.2, 0.25) is 0 Å². The Balaban J connectivity index is 1.67. The van der Waals surface area contributed by atoms with Crippen LogP contribution >= 0.6 is 0 Å². The van der Waals surface area contributed by atoms with Gasteiger partial charge in [-0.1, -0.05) is 0 Å². The van der Waals surface area contributed by atoms with Gasteiger partial charge in [0, 0.05) is 35.6 Å². The first kappa shape index (κ1) is 19.7. The molecule has 0 saturated heterocycles. The molecular formula is C21H19N5O3. The van der Waals surface area contributed by atoms with Gasteiger partial charge in [-0.3, -0.25) is 14.4 Å². The SMILES string of the molecule is CC(=O)Nc1ccc(Nc2cc(C(=O)Nc3ccc(C(C)=O)cc3)ncn2)cc1. The van der Waals surface area contributed by atoms with Crippen LogP contribution in [0.1, 0.15) is 34.7 Å². The van der Waals surface area contributed by atoms with E-state index >= 15 is 0 Å². The standard InChI is InChI=1S/C21H19N5O3/c1-13(27)15-3-5-18(6-4-15)26-21(29)19-11-20(23-12-22-19)25-17-9-7-16(8-10-17)24-14(2)28/h3-12H,1-2H3,(H,24,28)(H,26,29)(H,22,23,25). The quantitative estimate of drug-likeness (QED) is 0.555. The topological polar surface area (TPSA) is 113 Å². The molecule has 3 aromatic rings. The number of nitrogens with one attached hydrogen (secondary N) is 3. The van der Waals surface area contributed by atoms with E-state index in [0.717, 1.165) is 5.69 Å². The molecule has 2 aromatic carbocycles. The Morgan fingerprint density at radius 1 is 0.759 bits per heavy atom. The van der Waals surface area contributed by atoms with Gasteiger partial charge in [0.05, 0.1) is 0 Å². The van der Waals surface area contributed by atoms with Crippen molar-refractivity contribution in [2.75, 3.05) is 16.0 Å². The molecule has 2 amide bonds. The summed E-state index contributed by atoms with van der Waals surface area (Å²) in [7, 11) is 0. The van der Waals surface area contributed by atoms with E-state index in [1.807, 2.05) is 0 Å². The third-order valence-electron chi connectivity index (χ3n) is 3.93. The summed E-state index contributed by atoms with van der Waals surface area (Å²) in [4.78, 5) is 43.0. The van der Waals surface area contributed by atoms with Crippen LogP contribution in [0.15, 0.2) is 60.9 Å². The summed E-state index contributed by atoms with van der Waals surface area (Å²) in [6.45, 7) is 2.92. The number of carbonyl (C=O) groups is 3. The molecule has 0 saturated carbocycles. The van der Waals surface area contributed by atoms with Gasteiger partial charge in [0.2, 0.25) is 5.91 Å². The van der Waals surface area contributed by atoms with Crippen LogP contribution in [-0.4, -0.2) is 27.6 Å².